The van der Waals surface area contributed by atoms with Gasteiger partial charge < -0.3 is 51.6 Å². The Morgan fingerprint density at radius 1 is 0.759 bits per heavy atom. The Morgan fingerprint density at radius 2 is 1.30 bits per heavy atom. The monoisotopic (exact) mass is 742 g/mol. The number of primary amides is 2. The number of phenols is 1. The van der Waals surface area contributed by atoms with Crippen molar-refractivity contribution in [3.8, 4) is 23.0 Å². The van der Waals surface area contributed by atoms with Crippen molar-refractivity contribution in [2.24, 2.45) is 11.5 Å². The second-order valence-corrected chi connectivity index (χ2v) is 13.0. The zero-order chi connectivity index (χ0) is 39.7. The van der Waals surface area contributed by atoms with E-state index in [1.165, 1.54) is 40.4 Å². The van der Waals surface area contributed by atoms with Gasteiger partial charge >= 0.3 is 11.9 Å². The Morgan fingerprint density at radius 3 is 1.80 bits per heavy atom. The molecule has 1 aliphatic carbocycles. The van der Waals surface area contributed by atoms with Gasteiger partial charge in [-0.3, -0.25) is 24.0 Å². The number of nitrogens with one attached hydrogen (secondary N) is 2. The number of phenolic OH excluding ortho intramolecular Hbond substituents is 1. The number of carbonyl (C=O) groups is 5. The number of Topliss-reactive ketones (excluding diaryl/α,β-unsaturated/α-hetero) is 1. The number of nitrogens with two attached hydrogens (primary N) is 2. The summed E-state index contributed by atoms with van der Waals surface area (Å²) in [5.41, 5.74) is 9.01. The van der Waals surface area contributed by atoms with Gasteiger partial charge in [0, 0.05) is 50.2 Å². The molecule has 0 saturated heterocycles. The lowest BCUT2D eigenvalue weighted by Crippen LogP contribution is -2.36. The third-order valence-electron chi connectivity index (χ3n) is 9.73. The Bertz CT molecular complexity index is 2650. The number of benzene rings is 5. The molecule has 0 aromatic heterocycles. The van der Waals surface area contributed by atoms with E-state index in [4.69, 9.17) is 25.7 Å². The molecule has 3 unspecified atom stereocenters. The molecule has 0 saturated carbocycles. The lowest BCUT2D eigenvalue weighted by Gasteiger charge is -2.26. The summed E-state index contributed by atoms with van der Waals surface area (Å²) < 4.78 is 17.3. The number of amides is 2. The molecular weight excluding hydrogens is 708 g/mol. The topological polar surface area (TPSA) is 284 Å². The first-order valence-corrected chi connectivity index (χ1v) is 16.3. The van der Waals surface area contributed by atoms with Crippen LogP contribution in [0.15, 0.2) is 27.3 Å². The summed E-state index contributed by atoms with van der Waals surface area (Å²) in [6.45, 7) is 2.87. The predicted octanol–water partition coefficient (Wildman–Crippen LogP) is 2.20. The van der Waals surface area contributed by atoms with Crippen LogP contribution in [-0.4, -0.2) is 78.3 Å². The number of rotatable bonds is 14. The number of aromatic hydroxyl groups is 1. The molecule has 17 heteroatoms. The maximum Gasteiger partial charge on any atom is 0.326 e. The number of carbonyl (C=O) groups excluding carboxylic acids is 3. The van der Waals surface area contributed by atoms with Crippen molar-refractivity contribution in [3.63, 3.8) is 0 Å². The Hall–Kier alpha value is -6.91. The number of carboxylic acid groups (broad SMARTS) is 2. The summed E-state index contributed by atoms with van der Waals surface area (Å²) in [6, 6.07) is -1.03. The molecule has 5 aromatic rings. The number of ether oxygens (including phenoxy) is 3. The summed E-state index contributed by atoms with van der Waals surface area (Å²) in [5, 5.41) is 37.6. The van der Waals surface area contributed by atoms with Gasteiger partial charge in [-0.1, -0.05) is 11.6 Å². The quantitative estimate of drug-likeness (QED) is 0.0634. The molecule has 280 valence electrons. The van der Waals surface area contributed by atoms with E-state index in [0.717, 1.165) is 6.07 Å². The van der Waals surface area contributed by atoms with Crippen LogP contribution >= 0.6 is 0 Å². The number of hydrogen-bond donors (Lipinski definition) is 7. The third-order valence-corrected chi connectivity index (χ3v) is 9.73. The fraction of sp³-hybridized carbons (Fsp3) is 0.270. The van der Waals surface area contributed by atoms with E-state index >= 15 is 4.79 Å². The number of fused-ring (bicyclic) bond motifs is 1. The van der Waals surface area contributed by atoms with Crippen LogP contribution in [0.5, 0.6) is 23.0 Å². The highest BCUT2D eigenvalue weighted by atomic mass is 16.5. The fourth-order valence-electron chi connectivity index (χ4n) is 7.71. The summed E-state index contributed by atoms with van der Waals surface area (Å²) in [7, 11) is 3.82. The highest BCUT2D eigenvalue weighted by Gasteiger charge is 2.38. The van der Waals surface area contributed by atoms with Gasteiger partial charge in [-0.25, -0.2) is 9.59 Å². The molecular formula is C37H34N4O13. The third kappa shape index (κ3) is 5.43. The van der Waals surface area contributed by atoms with E-state index in [2.05, 4.69) is 10.6 Å². The van der Waals surface area contributed by atoms with E-state index in [9.17, 15) is 44.1 Å². The smallest absolute Gasteiger partial charge is 0.326 e. The molecule has 2 amide bonds. The number of allylic oxidation sites excluding steroid dienone is 1. The van der Waals surface area contributed by atoms with Gasteiger partial charge in [0.2, 0.25) is 17.2 Å². The van der Waals surface area contributed by atoms with Crippen molar-refractivity contribution in [2.45, 2.75) is 44.7 Å². The number of anilines is 2. The van der Waals surface area contributed by atoms with Gasteiger partial charge in [0.05, 0.1) is 62.2 Å². The average Bonchev–Trinajstić information content (AvgIpc) is 3.22. The van der Waals surface area contributed by atoms with Crippen LogP contribution < -0.4 is 47.2 Å². The Labute approximate surface area is 303 Å². The molecule has 54 heavy (non-hydrogen) atoms. The highest BCUT2D eigenvalue weighted by Crippen LogP contribution is 2.57. The largest absolute Gasteiger partial charge is 0.504 e. The molecule has 0 spiro atoms. The second kappa shape index (κ2) is 13.3. The standard InChI is InChI=1S/C37H34N4O13/c1-11-6-13-23-28-24(33(46)32(13)41-16(37(50)51)9-21(39)45)14(40-15(36(48)49)8-20(38)44)7-18(52-3)26(28)27-19(53-4)10-17(43)25-30(27)29(23)31(22(11)12(2)42)35(54-5)34(25)47/h6-7,10,15-16,22,40-41,47H,8-9H2,1-5H3,(H2,38,44)(H2,39,45)(H,48,49)(H,50,51). The molecule has 3 atom stereocenters. The molecule has 0 radical (unpaired) electrons. The van der Waals surface area contributed by atoms with E-state index in [1.54, 1.807) is 6.92 Å². The normalized spacial score (nSPS) is 14.8. The molecule has 5 aromatic carbocycles. The first kappa shape index (κ1) is 36.9. The molecule has 0 bridgehead atoms. The van der Waals surface area contributed by atoms with Crippen molar-refractivity contribution in [1.29, 1.82) is 0 Å². The van der Waals surface area contributed by atoms with Crippen molar-refractivity contribution in [1.82, 2.24) is 0 Å². The Balaban J connectivity index is 2.04. The molecule has 1 aliphatic rings. The number of hydrogen-bond acceptors (Lipinski definition) is 13. The SMILES string of the molecule is COc1c(O)c2c(=O)cc(OC)c3c4c(OC)cc(NC(CC(N)=O)C(=O)O)c5c(=O)c(NC(CC(N)=O)C(=O)O)c6c(c(c1C(C(C)=O)C(C)=C6)c23)c54. The molecule has 17 nitrogen and oxygen atoms in total. The van der Waals surface area contributed by atoms with Crippen molar-refractivity contribution >= 4 is 90.1 Å². The maximum absolute atomic E-state index is 15.1. The van der Waals surface area contributed by atoms with Crippen LogP contribution in [0.25, 0.3) is 49.2 Å². The average molecular weight is 743 g/mol. The number of aliphatic carboxylic acids is 2. The first-order chi connectivity index (χ1) is 25.5. The van der Waals surface area contributed by atoms with Gasteiger partial charge in [-0.2, -0.15) is 0 Å². The lowest BCUT2D eigenvalue weighted by molar-refractivity contribution is -0.140. The summed E-state index contributed by atoms with van der Waals surface area (Å²) in [4.78, 5) is 91.4. The highest BCUT2D eigenvalue weighted by molar-refractivity contribution is 6.40. The maximum atomic E-state index is 15.1. The van der Waals surface area contributed by atoms with Crippen molar-refractivity contribution < 1.29 is 53.5 Å². The molecule has 6 rings (SSSR count). The van der Waals surface area contributed by atoms with E-state index < -0.39 is 82.7 Å². The minimum absolute atomic E-state index is 0.0146. The van der Waals surface area contributed by atoms with Crippen LogP contribution in [0, 0.1) is 0 Å². The van der Waals surface area contributed by atoms with Crippen LogP contribution in [0.2, 0.25) is 0 Å². The van der Waals surface area contributed by atoms with Crippen LogP contribution in [-0.2, 0) is 24.0 Å². The summed E-state index contributed by atoms with van der Waals surface area (Å²) in [6.07, 6.45) is -0.000112. The van der Waals surface area contributed by atoms with Gasteiger partial charge in [0.1, 0.15) is 29.4 Å². The van der Waals surface area contributed by atoms with Crippen LogP contribution in [0.1, 0.15) is 43.7 Å². The van der Waals surface area contributed by atoms with Gasteiger partial charge in [0.25, 0.3) is 0 Å². The van der Waals surface area contributed by atoms with Crippen LogP contribution in [0.3, 0.4) is 0 Å². The first-order valence-electron chi connectivity index (χ1n) is 16.3. The van der Waals surface area contributed by atoms with Gasteiger partial charge in [-0.15, -0.1) is 0 Å². The molecule has 9 N–H and O–H groups in total. The van der Waals surface area contributed by atoms with Gasteiger partial charge in [0.15, 0.2) is 16.9 Å². The minimum Gasteiger partial charge on any atom is -0.504 e. The van der Waals surface area contributed by atoms with E-state index in [0.29, 0.717) is 5.57 Å². The number of methoxy groups -OCH3 is 3. The summed E-state index contributed by atoms with van der Waals surface area (Å²) >= 11 is 0. The van der Waals surface area contributed by atoms with Crippen LogP contribution in [0.4, 0.5) is 11.4 Å². The zero-order valence-electron chi connectivity index (χ0n) is 29.5. The van der Waals surface area contributed by atoms with Crippen molar-refractivity contribution in [3.05, 3.63) is 49.3 Å². The fourth-order valence-corrected chi connectivity index (χ4v) is 7.71. The predicted molar refractivity (Wildman–Crippen MR) is 197 cm³/mol. The minimum atomic E-state index is -1.76. The Kier molecular flexibility index (Phi) is 9.05. The molecule has 0 fully saturated rings. The number of ketones is 1. The van der Waals surface area contributed by atoms with Crippen molar-refractivity contribution in [2.75, 3.05) is 32.0 Å². The zero-order valence-corrected chi connectivity index (χ0v) is 29.5. The summed E-state index contributed by atoms with van der Waals surface area (Å²) in [5.74, 6) is -7.46. The molecule has 0 heterocycles. The second-order valence-electron chi connectivity index (χ2n) is 13.0. The lowest BCUT2D eigenvalue weighted by atomic mass is 9.80. The van der Waals surface area contributed by atoms with E-state index in [-0.39, 0.29) is 77.2 Å². The van der Waals surface area contributed by atoms with Gasteiger partial charge in [-0.05, 0) is 19.2 Å². The number of carboxylic acids is 2. The van der Waals surface area contributed by atoms with E-state index in [1.807, 2.05) is 0 Å². The molecule has 0 aliphatic heterocycles.